The molecule has 0 radical (unpaired) electrons. The Balaban J connectivity index is 2.26. The minimum Gasteiger partial charge on any atom is -0.381 e. The monoisotopic (exact) mass is 231 g/mol. The molecule has 0 aliphatic carbocycles. The SMILES string of the molecule is CC(C)(C)CCOCn1cc(Cl)c(N)n1. The fraction of sp³-hybridized carbons (Fsp3) is 0.700. The van der Waals surface area contributed by atoms with Gasteiger partial charge in [-0.2, -0.15) is 5.10 Å². The standard InChI is InChI=1S/C10H18ClN3O/c1-10(2,3)4-5-15-7-14-6-8(11)9(12)13-14/h6H,4-5,7H2,1-3H3,(H2,12,13). The van der Waals surface area contributed by atoms with Crippen LogP contribution in [0.3, 0.4) is 0 Å². The summed E-state index contributed by atoms with van der Waals surface area (Å²) in [7, 11) is 0. The van der Waals surface area contributed by atoms with Crippen LogP contribution in [0.2, 0.25) is 5.02 Å². The second kappa shape index (κ2) is 4.86. The van der Waals surface area contributed by atoms with Crippen LogP contribution in [-0.2, 0) is 11.5 Å². The maximum Gasteiger partial charge on any atom is 0.164 e. The highest BCUT2D eigenvalue weighted by molar-refractivity contribution is 6.32. The normalized spacial score (nSPS) is 12.0. The molecule has 0 aliphatic rings. The Morgan fingerprint density at radius 1 is 1.53 bits per heavy atom. The van der Waals surface area contributed by atoms with Crippen molar-refractivity contribution < 1.29 is 4.74 Å². The van der Waals surface area contributed by atoms with Crippen LogP contribution in [-0.4, -0.2) is 16.4 Å². The van der Waals surface area contributed by atoms with Gasteiger partial charge in [-0.1, -0.05) is 32.4 Å². The number of hydrogen-bond donors (Lipinski definition) is 1. The number of halogens is 1. The van der Waals surface area contributed by atoms with Crippen molar-refractivity contribution in [3.05, 3.63) is 11.2 Å². The van der Waals surface area contributed by atoms with E-state index in [1.54, 1.807) is 10.9 Å². The summed E-state index contributed by atoms with van der Waals surface area (Å²) in [5.41, 5.74) is 5.79. The maximum atomic E-state index is 5.75. The predicted molar refractivity (Wildman–Crippen MR) is 61.7 cm³/mol. The van der Waals surface area contributed by atoms with Crippen molar-refractivity contribution in [1.82, 2.24) is 9.78 Å². The van der Waals surface area contributed by atoms with Crippen LogP contribution in [0, 0.1) is 5.41 Å². The number of anilines is 1. The quantitative estimate of drug-likeness (QED) is 0.811. The highest BCUT2D eigenvalue weighted by Crippen LogP contribution is 2.18. The van der Waals surface area contributed by atoms with Gasteiger partial charge in [0.05, 0.1) is 0 Å². The summed E-state index contributed by atoms with van der Waals surface area (Å²) in [6.07, 6.45) is 2.67. The number of rotatable bonds is 4. The molecule has 1 aromatic heterocycles. The number of nitrogen functional groups attached to an aromatic ring is 1. The van der Waals surface area contributed by atoms with Gasteiger partial charge in [-0.15, -0.1) is 0 Å². The van der Waals surface area contributed by atoms with E-state index in [-0.39, 0.29) is 0 Å². The molecule has 0 atom stereocenters. The third-order valence-corrected chi connectivity index (χ3v) is 2.25. The van der Waals surface area contributed by atoms with E-state index < -0.39 is 0 Å². The van der Waals surface area contributed by atoms with Gasteiger partial charge >= 0.3 is 0 Å². The molecule has 15 heavy (non-hydrogen) atoms. The van der Waals surface area contributed by atoms with Crippen molar-refractivity contribution in [2.45, 2.75) is 33.9 Å². The summed E-state index contributed by atoms with van der Waals surface area (Å²) >= 11 is 5.75. The first kappa shape index (κ1) is 12.3. The molecule has 1 aromatic rings. The Bertz CT molecular complexity index is 297. The third-order valence-electron chi connectivity index (χ3n) is 1.96. The van der Waals surface area contributed by atoms with Crippen molar-refractivity contribution in [1.29, 1.82) is 0 Å². The molecule has 0 saturated heterocycles. The van der Waals surface area contributed by atoms with E-state index >= 15 is 0 Å². The smallest absolute Gasteiger partial charge is 0.164 e. The Morgan fingerprint density at radius 2 is 2.20 bits per heavy atom. The van der Waals surface area contributed by atoms with E-state index in [2.05, 4.69) is 25.9 Å². The number of nitrogens with zero attached hydrogens (tertiary/aromatic N) is 2. The summed E-state index contributed by atoms with van der Waals surface area (Å²) in [6.45, 7) is 7.64. The average molecular weight is 232 g/mol. The number of ether oxygens (including phenoxy) is 1. The van der Waals surface area contributed by atoms with Crippen molar-refractivity contribution >= 4 is 17.4 Å². The van der Waals surface area contributed by atoms with Crippen LogP contribution in [0.4, 0.5) is 5.82 Å². The molecular formula is C10H18ClN3O. The van der Waals surface area contributed by atoms with Gasteiger partial charge < -0.3 is 10.5 Å². The maximum absolute atomic E-state index is 5.75. The third kappa shape index (κ3) is 4.53. The molecule has 0 aromatic carbocycles. The van der Waals surface area contributed by atoms with Crippen LogP contribution in [0.15, 0.2) is 6.20 Å². The average Bonchev–Trinajstić information content (AvgIpc) is 2.39. The second-order valence-corrected chi connectivity index (χ2v) is 5.16. The van der Waals surface area contributed by atoms with Gasteiger partial charge in [0.2, 0.25) is 0 Å². The Morgan fingerprint density at radius 3 is 2.67 bits per heavy atom. The van der Waals surface area contributed by atoms with E-state index in [0.717, 1.165) is 6.42 Å². The van der Waals surface area contributed by atoms with Crippen molar-refractivity contribution in [2.24, 2.45) is 5.41 Å². The van der Waals surface area contributed by atoms with Gasteiger partial charge in [0.15, 0.2) is 5.82 Å². The number of hydrogen-bond acceptors (Lipinski definition) is 3. The first-order valence-electron chi connectivity index (χ1n) is 4.95. The summed E-state index contributed by atoms with van der Waals surface area (Å²) in [5.74, 6) is 0.344. The van der Waals surface area contributed by atoms with E-state index in [1.807, 2.05) is 0 Å². The molecule has 0 unspecified atom stereocenters. The molecule has 0 amide bonds. The van der Waals surface area contributed by atoms with Crippen LogP contribution < -0.4 is 5.73 Å². The minimum atomic E-state index is 0.292. The van der Waals surface area contributed by atoms with Crippen LogP contribution in [0.5, 0.6) is 0 Å². The molecule has 4 nitrogen and oxygen atoms in total. The predicted octanol–water partition coefficient (Wildman–Crippen LogP) is 2.53. The molecule has 1 rings (SSSR count). The van der Waals surface area contributed by atoms with E-state index in [9.17, 15) is 0 Å². The Labute approximate surface area is 95.3 Å². The molecule has 0 aliphatic heterocycles. The van der Waals surface area contributed by atoms with E-state index in [4.69, 9.17) is 22.1 Å². The van der Waals surface area contributed by atoms with Crippen LogP contribution in [0.1, 0.15) is 27.2 Å². The summed E-state index contributed by atoms with van der Waals surface area (Å²) in [5, 5.41) is 4.45. The summed E-state index contributed by atoms with van der Waals surface area (Å²) in [4.78, 5) is 0. The lowest BCUT2D eigenvalue weighted by molar-refractivity contribution is 0.0520. The van der Waals surface area contributed by atoms with Crippen molar-refractivity contribution in [2.75, 3.05) is 12.3 Å². The van der Waals surface area contributed by atoms with E-state index in [1.165, 1.54) is 0 Å². The molecule has 1 heterocycles. The molecule has 0 bridgehead atoms. The zero-order chi connectivity index (χ0) is 11.5. The van der Waals surface area contributed by atoms with Gasteiger partial charge in [-0.25, -0.2) is 4.68 Å². The zero-order valence-corrected chi connectivity index (χ0v) is 10.2. The Kier molecular flexibility index (Phi) is 3.99. The van der Waals surface area contributed by atoms with Gasteiger partial charge in [-0.05, 0) is 11.8 Å². The summed E-state index contributed by atoms with van der Waals surface area (Å²) in [6, 6.07) is 0. The van der Waals surface area contributed by atoms with Crippen molar-refractivity contribution in [3.63, 3.8) is 0 Å². The lowest BCUT2D eigenvalue weighted by Gasteiger charge is -2.17. The zero-order valence-electron chi connectivity index (χ0n) is 9.46. The number of aromatic nitrogens is 2. The Hall–Kier alpha value is -0.740. The fourth-order valence-corrected chi connectivity index (χ4v) is 1.17. The van der Waals surface area contributed by atoms with Crippen molar-refractivity contribution in [3.8, 4) is 0 Å². The molecule has 5 heteroatoms. The van der Waals surface area contributed by atoms with E-state index in [0.29, 0.717) is 29.6 Å². The molecular weight excluding hydrogens is 214 g/mol. The highest BCUT2D eigenvalue weighted by Gasteiger charge is 2.09. The molecule has 2 N–H and O–H groups in total. The second-order valence-electron chi connectivity index (χ2n) is 4.75. The minimum absolute atomic E-state index is 0.292. The first-order valence-corrected chi connectivity index (χ1v) is 5.32. The van der Waals surface area contributed by atoms with Gasteiger partial charge in [0, 0.05) is 12.8 Å². The topological polar surface area (TPSA) is 53.1 Å². The van der Waals surface area contributed by atoms with Gasteiger partial charge in [0.1, 0.15) is 11.8 Å². The molecule has 0 spiro atoms. The van der Waals surface area contributed by atoms with Gasteiger partial charge in [0.25, 0.3) is 0 Å². The molecule has 86 valence electrons. The lowest BCUT2D eigenvalue weighted by Crippen LogP contribution is -2.11. The van der Waals surface area contributed by atoms with Crippen LogP contribution in [0.25, 0.3) is 0 Å². The first-order chi connectivity index (χ1) is 6.88. The number of nitrogens with two attached hydrogens (primary N) is 1. The van der Waals surface area contributed by atoms with Crippen LogP contribution >= 0.6 is 11.6 Å². The summed E-state index contributed by atoms with van der Waals surface area (Å²) < 4.78 is 7.05. The molecule has 0 saturated carbocycles. The van der Waals surface area contributed by atoms with Gasteiger partial charge in [-0.3, -0.25) is 0 Å². The highest BCUT2D eigenvalue weighted by atomic mass is 35.5. The largest absolute Gasteiger partial charge is 0.381 e. The molecule has 0 fully saturated rings. The fourth-order valence-electron chi connectivity index (χ4n) is 1.01. The lowest BCUT2D eigenvalue weighted by atomic mass is 9.93.